The summed E-state index contributed by atoms with van der Waals surface area (Å²) < 4.78 is 0. The smallest absolute Gasteiger partial charge is 0.190 e. The number of thioether (sulfide) groups is 1. The molecule has 0 saturated heterocycles. The highest BCUT2D eigenvalue weighted by molar-refractivity contribution is 8.13. The van der Waals surface area contributed by atoms with Crippen LogP contribution in [-0.2, 0) is 4.79 Å². The Balaban J connectivity index is 2.89. The first-order chi connectivity index (χ1) is 5.59. The molecule has 0 spiro atoms. The molecule has 0 saturated carbocycles. The van der Waals surface area contributed by atoms with E-state index in [9.17, 15) is 9.90 Å². The lowest BCUT2D eigenvalue weighted by atomic mass is 10.2. The minimum Gasteiger partial charge on any atom is -0.508 e. The number of hydrogen-bond acceptors (Lipinski definition) is 3. The highest BCUT2D eigenvalue weighted by Gasteiger charge is 2.00. The third kappa shape index (κ3) is 2.27. The van der Waals surface area contributed by atoms with Gasteiger partial charge < -0.3 is 5.11 Å². The van der Waals surface area contributed by atoms with Crippen molar-refractivity contribution < 1.29 is 9.90 Å². The number of aromatic hydroxyl groups is 1. The number of hydrogen-bond donors (Lipinski definition) is 1. The number of aryl methyl sites for hydroxylation is 1. The van der Waals surface area contributed by atoms with Crippen LogP contribution in [0.15, 0.2) is 23.1 Å². The second-order valence-electron chi connectivity index (χ2n) is 2.54. The van der Waals surface area contributed by atoms with Crippen LogP contribution in [-0.4, -0.2) is 10.2 Å². The molecule has 0 aliphatic carbocycles. The summed E-state index contributed by atoms with van der Waals surface area (Å²) in [6.45, 7) is 3.33. The molecule has 1 aromatic rings. The predicted octanol–water partition coefficient (Wildman–Crippen LogP) is 2.34. The SMILES string of the molecule is CC(=O)Sc1ccc(O)c(C)c1. The van der Waals surface area contributed by atoms with Gasteiger partial charge >= 0.3 is 0 Å². The van der Waals surface area contributed by atoms with Crippen molar-refractivity contribution in [3.8, 4) is 5.75 Å². The molecule has 0 aliphatic heterocycles. The molecule has 64 valence electrons. The molecule has 0 radical (unpaired) electrons. The standard InChI is InChI=1S/C9H10O2S/c1-6-5-8(12-7(2)10)3-4-9(6)11/h3-5,11H,1-2H3. The van der Waals surface area contributed by atoms with Gasteiger partial charge in [-0.25, -0.2) is 0 Å². The van der Waals surface area contributed by atoms with E-state index in [1.54, 1.807) is 25.1 Å². The van der Waals surface area contributed by atoms with Crippen LogP contribution in [0.3, 0.4) is 0 Å². The van der Waals surface area contributed by atoms with E-state index in [1.807, 2.05) is 0 Å². The van der Waals surface area contributed by atoms with Crippen molar-refractivity contribution in [2.45, 2.75) is 18.7 Å². The van der Waals surface area contributed by atoms with Gasteiger partial charge in [-0.3, -0.25) is 4.79 Å². The van der Waals surface area contributed by atoms with Gasteiger partial charge in [0.2, 0.25) is 0 Å². The molecule has 3 heteroatoms. The Morgan fingerprint density at radius 3 is 2.67 bits per heavy atom. The molecule has 1 rings (SSSR count). The summed E-state index contributed by atoms with van der Waals surface area (Å²) in [5.41, 5.74) is 0.793. The quantitative estimate of drug-likeness (QED) is 0.677. The molecule has 0 aliphatic rings. The summed E-state index contributed by atoms with van der Waals surface area (Å²) in [4.78, 5) is 11.6. The highest BCUT2D eigenvalue weighted by atomic mass is 32.2. The predicted molar refractivity (Wildman–Crippen MR) is 49.4 cm³/mol. The molecule has 0 atom stereocenters. The van der Waals surface area contributed by atoms with Crippen LogP contribution in [0.5, 0.6) is 5.75 Å². The number of carbonyl (C=O) groups is 1. The third-order valence-electron chi connectivity index (χ3n) is 1.43. The van der Waals surface area contributed by atoms with Crippen molar-refractivity contribution in [2.24, 2.45) is 0 Å². The maximum absolute atomic E-state index is 10.7. The fraction of sp³-hybridized carbons (Fsp3) is 0.222. The normalized spacial score (nSPS) is 9.83. The zero-order valence-electron chi connectivity index (χ0n) is 7.00. The number of rotatable bonds is 1. The van der Waals surface area contributed by atoms with E-state index < -0.39 is 0 Å². The van der Waals surface area contributed by atoms with Crippen LogP contribution < -0.4 is 0 Å². The van der Waals surface area contributed by atoms with E-state index in [-0.39, 0.29) is 10.9 Å². The molecule has 0 amide bonds. The Labute approximate surface area is 75.6 Å². The van der Waals surface area contributed by atoms with Gasteiger partial charge in [-0.1, -0.05) is 11.8 Å². The van der Waals surface area contributed by atoms with Gasteiger partial charge in [0, 0.05) is 11.8 Å². The minimum atomic E-state index is 0.0556. The van der Waals surface area contributed by atoms with Crippen LogP contribution in [0.1, 0.15) is 12.5 Å². The molecule has 12 heavy (non-hydrogen) atoms. The Hall–Kier alpha value is -0.960. The van der Waals surface area contributed by atoms with E-state index in [1.165, 1.54) is 18.7 Å². The van der Waals surface area contributed by atoms with E-state index in [2.05, 4.69) is 0 Å². The van der Waals surface area contributed by atoms with Crippen molar-refractivity contribution in [1.82, 2.24) is 0 Å². The number of carbonyl (C=O) groups excluding carboxylic acids is 1. The lowest BCUT2D eigenvalue weighted by Gasteiger charge is -2.00. The molecule has 0 fully saturated rings. The molecular formula is C9H10O2S. The van der Waals surface area contributed by atoms with Gasteiger partial charge in [0.25, 0.3) is 0 Å². The summed E-state index contributed by atoms with van der Waals surface area (Å²) in [6.07, 6.45) is 0. The molecular weight excluding hydrogens is 172 g/mol. The minimum absolute atomic E-state index is 0.0556. The van der Waals surface area contributed by atoms with Crippen molar-refractivity contribution in [2.75, 3.05) is 0 Å². The van der Waals surface area contributed by atoms with Crippen LogP contribution in [0.2, 0.25) is 0 Å². The summed E-state index contributed by atoms with van der Waals surface area (Å²) in [5, 5.41) is 9.24. The largest absolute Gasteiger partial charge is 0.508 e. The Kier molecular flexibility index (Phi) is 2.76. The van der Waals surface area contributed by atoms with E-state index >= 15 is 0 Å². The first-order valence-electron chi connectivity index (χ1n) is 3.57. The molecule has 2 nitrogen and oxygen atoms in total. The topological polar surface area (TPSA) is 37.3 Å². The summed E-state index contributed by atoms with van der Waals surface area (Å²) in [5.74, 6) is 0.267. The number of phenols is 1. The summed E-state index contributed by atoms with van der Waals surface area (Å²) >= 11 is 1.17. The molecule has 1 aromatic carbocycles. The average molecular weight is 182 g/mol. The van der Waals surface area contributed by atoms with E-state index in [0.717, 1.165) is 10.5 Å². The van der Waals surface area contributed by atoms with Crippen molar-refractivity contribution >= 4 is 16.9 Å². The summed E-state index contributed by atoms with van der Waals surface area (Å²) in [7, 11) is 0. The maximum Gasteiger partial charge on any atom is 0.190 e. The highest BCUT2D eigenvalue weighted by Crippen LogP contribution is 2.24. The van der Waals surface area contributed by atoms with Crippen LogP contribution in [0, 0.1) is 6.92 Å². The van der Waals surface area contributed by atoms with Crippen molar-refractivity contribution in [3.05, 3.63) is 23.8 Å². The van der Waals surface area contributed by atoms with Gasteiger partial charge in [-0.2, -0.15) is 0 Å². The molecule has 0 aromatic heterocycles. The lowest BCUT2D eigenvalue weighted by Crippen LogP contribution is -1.82. The van der Waals surface area contributed by atoms with Gasteiger partial charge in [-0.15, -0.1) is 0 Å². The zero-order chi connectivity index (χ0) is 9.14. The molecule has 1 N–H and O–H groups in total. The van der Waals surface area contributed by atoms with Crippen LogP contribution >= 0.6 is 11.8 Å². The zero-order valence-corrected chi connectivity index (χ0v) is 7.81. The van der Waals surface area contributed by atoms with E-state index in [4.69, 9.17) is 0 Å². The van der Waals surface area contributed by atoms with Gasteiger partial charge in [0.1, 0.15) is 5.75 Å². The van der Waals surface area contributed by atoms with Gasteiger partial charge in [0.05, 0.1) is 0 Å². The van der Waals surface area contributed by atoms with Crippen molar-refractivity contribution in [1.29, 1.82) is 0 Å². The fourth-order valence-corrected chi connectivity index (χ4v) is 1.56. The second kappa shape index (κ2) is 3.63. The molecule has 0 heterocycles. The first kappa shape index (κ1) is 9.13. The van der Waals surface area contributed by atoms with Crippen LogP contribution in [0.25, 0.3) is 0 Å². The number of phenolic OH excluding ortho intramolecular Hbond substituents is 1. The molecule has 0 unspecified atom stereocenters. The third-order valence-corrected chi connectivity index (χ3v) is 2.21. The lowest BCUT2D eigenvalue weighted by molar-refractivity contribution is -0.109. The monoisotopic (exact) mass is 182 g/mol. The van der Waals surface area contributed by atoms with Crippen molar-refractivity contribution in [3.63, 3.8) is 0 Å². The average Bonchev–Trinajstić information content (AvgIpc) is 1.96. The second-order valence-corrected chi connectivity index (χ2v) is 3.79. The molecule has 0 bridgehead atoms. The van der Waals surface area contributed by atoms with Crippen LogP contribution in [0.4, 0.5) is 0 Å². The van der Waals surface area contributed by atoms with E-state index in [0.29, 0.717) is 0 Å². The maximum atomic E-state index is 10.7. The number of benzene rings is 1. The Bertz CT molecular complexity index is 307. The Morgan fingerprint density at radius 2 is 2.17 bits per heavy atom. The first-order valence-corrected chi connectivity index (χ1v) is 4.39. The Morgan fingerprint density at radius 1 is 1.50 bits per heavy atom. The fourth-order valence-electron chi connectivity index (χ4n) is 0.857. The van der Waals surface area contributed by atoms with Gasteiger partial charge in [0.15, 0.2) is 5.12 Å². The van der Waals surface area contributed by atoms with Gasteiger partial charge in [-0.05, 0) is 30.7 Å². The summed E-state index contributed by atoms with van der Waals surface area (Å²) in [6, 6.07) is 5.12.